The highest BCUT2D eigenvalue weighted by Gasteiger charge is 2.31. The summed E-state index contributed by atoms with van der Waals surface area (Å²) in [6.45, 7) is -0.411. The third-order valence-electron chi connectivity index (χ3n) is 6.26. The lowest BCUT2D eigenvalue weighted by Crippen LogP contribution is -2.21. The first-order valence-electron chi connectivity index (χ1n) is 12.8. The van der Waals surface area contributed by atoms with E-state index in [1.54, 1.807) is 24.3 Å². The lowest BCUT2D eigenvalue weighted by atomic mass is 10.1. The van der Waals surface area contributed by atoms with Crippen LogP contribution in [-0.2, 0) is 11.0 Å². The van der Waals surface area contributed by atoms with Gasteiger partial charge in [-0.3, -0.25) is 9.59 Å². The van der Waals surface area contributed by atoms with Crippen molar-refractivity contribution >= 4 is 44.6 Å². The molecule has 5 aromatic rings. The van der Waals surface area contributed by atoms with Gasteiger partial charge in [0.2, 0.25) is 0 Å². The van der Waals surface area contributed by atoms with Crippen molar-refractivity contribution < 1.29 is 31.8 Å². The van der Waals surface area contributed by atoms with Gasteiger partial charge in [-0.05, 0) is 70.5 Å². The van der Waals surface area contributed by atoms with E-state index in [9.17, 15) is 27.2 Å². The van der Waals surface area contributed by atoms with Crippen LogP contribution in [0.1, 0.15) is 11.1 Å². The summed E-state index contributed by atoms with van der Waals surface area (Å²) in [5, 5.41) is 7.05. The Kier molecular flexibility index (Phi) is 8.76. The molecule has 8 nitrogen and oxygen atoms in total. The summed E-state index contributed by atoms with van der Waals surface area (Å²) in [6.07, 6.45) is -3.30. The van der Waals surface area contributed by atoms with Crippen molar-refractivity contribution in [2.24, 2.45) is 5.10 Å². The van der Waals surface area contributed by atoms with Crippen molar-refractivity contribution in [3.8, 4) is 22.9 Å². The number of para-hydroxylation sites is 1. The van der Waals surface area contributed by atoms with E-state index in [1.165, 1.54) is 55.8 Å². The third kappa shape index (κ3) is 6.78. The van der Waals surface area contributed by atoms with Gasteiger partial charge in [-0.15, -0.1) is 0 Å². The number of rotatable bonds is 8. The molecule has 4 aromatic carbocycles. The second-order valence-corrected chi connectivity index (χ2v) is 10.1. The molecule has 13 heteroatoms. The predicted octanol–water partition coefficient (Wildman–Crippen LogP) is 6.89. The van der Waals surface area contributed by atoms with Gasteiger partial charge in [0.1, 0.15) is 5.82 Å². The smallest absolute Gasteiger partial charge is 0.416 e. The van der Waals surface area contributed by atoms with Crippen LogP contribution in [0.3, 0.4) is 0 Å². The molecule has 0 saturated carbocycles. The van der Waals surface area contributed by atoms with Gasteiger partial charge < -0.3 is 14.8 Å². The number of fused-ring (bicyclic) bond motifs is 1. The van der Waals surface area contributed by atoms with Crippen LogP contribution in [0.5, 0.6) is 11.5 Å². The maximum Gasteiger partial charge on any atom is 0.416 e. The zero-order chi connectivity index (χ0) is 31.4. The first-order chi connectivity index (χ1) is 21.0. The van der Waals surface area contributed by atoms with E-state index in [1.807, 2.05) is 0 Å². The predicted molar refractivity (Wildman–Crippen MR) is 161 cm³/mol. The number of hydrogen-bond acceptors (Lipinski definition) is 6. The van der Waals surface area contributed by atoms with E-state index in [-0.39, 0.29) is 34.0 Å². The SMILES string of the molecule is COc1cc(C=Nn2c(-c3cccc(C(F)(F)F)c3)nc3ccccc3c2=O)c(Br)cc1OCC(=O)Nc1cccc(F)c1. The Morgan fingerprint density at radius 1 is 1.02 bits per heavy atom. The lowest BCUT2D eigenvalue weighted by molar-refractivity contribution is -0.137. The largest absolute Gasteiger partial charge is 0.493 e. The highest BCUT2D eigenvalue weighted by Crippen LogP contribution is 2.34. The van der Waals surface area contributed by atoms with Crippen molar-refractivity contribution in [3.63, 3.8) is 0 Å². The van der Waals surface area contributed by atoms with Crippen LogP contribution in [0.25, 0.3) is 22.3 Å². The fourth-order valence-corrected chi connectivity index (χ4v) is 4.63. The topological polar surface area (TPSA) is 94.8 Å². The molecule has 0 fully saturated rings. The fourth-order valence-electron chi connectivity index (χ4n) is 4.20. The van der Waals surface area contributed by atoms with E-state index in [4.69, 9.17) is 9.47 Å². The number of benzene rings is 4. The molecule has 0 aliphatic heterocycles. The van der Waals surface area contributed by atoms with Gasteiger partial charge in [-0.2, -0.15) is 22.9 Å². The Morgan fingerprint density at radius 2 is 1.80 bits per heavy atom. The van der Waals surface area contributed by atoms with Crippen molar-refractivity contribution in [2.45, 2.75) is 6.18 Å². The van der Waals surface area contributed by atoms with Crippen LogP contribution in [0.15, 0.2) is 99.3 Å². The Hall–Kier alpha value is -5.04. The molecule has 0 bridgehead atoms. The number of aromatic nitrogens is 2. The molecule has 1 N–H and O–H groups in total. The molecule has 224 valence electrons. The number of nitrogens with one attached hydrogen (secondary N) is 1. The normalized spacial score (nSPS) is 11.6. The van der Waals surface area contributed by atoms with Crippen LogP contribution in [-0.4, -0.2) is 35.5 Å². The van der Waals surface area contributed by atoms with Crippen LogP contribution in [0, 0.1) is 5.82 Å². The van der Waals surface area contributed by atoms with Crippen molar-refractivity contribution in [2.75, 3.05) is 19.0 Å². The highest BCUT2D eigenvalue weighted by atomic mass is 79.9. The molecular weight excluding hydrogens is 648 g/mol. The number of ether oxygens (including phenoxy) is 2. The van der Waals surface area contributed by atoms with E-state index < -0.39 is 35.6 Å². The minimum Gasteiger partial charge on any atom is -0.493 e. The summed E-state index contributed by atoms with van der Waals surface area (Å²) in [4.78, 5) is 30.2. The number of nitrogens with zero attached hydrogens (tertiary/aromatic N) is 3. The summed E-state index contributed by atoms with van der Waals surface area (Å²) >= 11 is 3.41. The highest BCUT2D eigenvalue weighted by molar-refractivity contribution is 9.10. The van der Waals surface area contributed by atoms with Gasteiger partial charge in [-0.25, -0.2) is 9.37 Å². The minimum absolute atomic E-state index is 0.0386. The molecule has 0 unspecified atom stereocenters. The molecule has 1 aromatic heterocycles. The number of carbonyl (C=O) groups is 1. The monoisotopic (exact) mass is 668 g/mol. The number of carbonyl (C=O) groups excluding carboxylic acids is 1. The zero-order valence-electron chi connectivity index (χ0n) is 22.7. The third-order valence-corrected chi connectivity index (χ3v) is 6.95. The van der Waals surface area contributed by atoms with Crippen molar-refractivity contribution in [1.82, 2.24) is 9.66 Å². The molecule has 0 atom stereocenters. The molecule has 0 aliphatic rings. The molecule has 1 amide bonds. The van der Waals surface area contributed by atoms with Gasteiger partial charge in [-0.1, -0.05) is 30.3 Å². The Labute approximate surface area is 255 Å². The van der Waals surface area contributed by atoms with Crippen LogP contribution in [0.4, 0.5) is 23.2 Å². The van der Waals surface area contributed by atoms with Gasteiger partial charge >= 0.3 is 6.18 Å². The fraction of sp³-hybridized carbons (Fsp3) is 0.0968. The summed E-state index contributed by atoms with van der Waals surface area (Å²) < 4.78 is 66.2. The molecular formula is C31H21BrF4N4O4. The molecule has 0 radical (unpaired) electrons. The van der Waals surface area contributed by atoms with Gasteiger partial charge in [0.25, 0.3) is 11.5 Å². The lowest BCUT2D eigenvalue weighted by Gasteiger charge is -2.13. The molecule has 1 heterocycles. The Balaban J connectivity index is 1.47. The molecule has 44 heavy (non-hydrogen) atoms. The van der Waals surface area contributed by atoms with Crippen molar-refractivity contribution in [3.05, 3.63) is 117 Å². The van der Waals surface area contributed by atoms with Crippen LogP contribution >= 0.6 is 15.9 Å². The number of halogens is 5. The standard InChI is InChI=1S/C31H21BrF4N4O4/c1-43-26-13-19(24(32)15-27(26)44-17-28(41)38-22-9-5-8-21(33)14-22)16-37-40-29(18-6-4-7-20(12-18)31(34,35)36)39-25-11-3-2-10-23(25)30(40)42/h2-16H,17H2,1H3,(H,38,41). The van der Waals surface area contributed by atoms with Gasteiger partial charge in [0, 0.05) is 21.3 Å². The van der Waals surface area contributed by atoms with E-state index in [2.05, 4.69) is 31.3 Å². The first-order valence-corrected chi connectivity index (χ1v) is 13.6. The molecule has 0 aliphatic carbocycles. The second-order valence-electron chi connectivity index (χ2n) is 9.26. The number of alkyl halides is 3. The number of methoxy groups -OCH3 is 1. The average Bonchev–Trinajstić information content (AvgIpc) is 3.00. The van der Waals surface area contributed by atoms with Gasteiger partial charge in [0.05, 0.1) is 29.8 Å². The summed E-state index contributed by atoms with van der Waals surface area (Å²) in [5.74, 6) is -0.723. The van der Waals surface area contributed by atoms with Crippen LogP contribution in [0.2, 0.25) is 0 Å². The van der Waals surface area contributed by atoms with E-state index in [0.29, 0.717) is 15.6 Å². The quantitative estimate of drug-likeness (QED) is 0.144. The molecule has 5 rings (SSSR count). The minimum atomic E-state index is -4.60. The van der Waals surface area contributed by atoms with Crippen molar-refractivity contribution in [1.29, 1.82) is 0 Å². The summed E-state index contributed by atoms with van der Waals surface area (Å²) in [6, 6.07) is 19.3. The maximum atomic E-state index is 13.5. The number of anilines is 1. The second kappa shape index (κ2) is 12.7. The Morgan fingerprint density at radius 3 is 2.55 bits per heavy atom. The van der Waals surface area contributed by atoms with E-state index in [0.717, 1.165) is 22.9 Å². The Bertz CT molecular complexity index is 1960. The number of amides is 1. The first kappa shape index (κ1) is 30.4. The van der Waals surface area contributed by atoms with Crippen LogP contribution < -0.4 is 20.3 Å². The summed E-state index contributed by atoms with van der Waals surface area (Å²) in [7, 11) is 1.38. The molecule has 0 saturated heterocycles. The van der Waals surface area contributed by atoms with Gasteiger partial charge in [0.15, 0.2) is 23.9 Å². The van der Waals surface area contributed by atoms with E-state index >= 15 is 0 Å². The zero-order valence-corrected chi connectivity index (χ0v) is 24.3. The number of hydrogen-bond donors (Lipinski definition) is 1. The maximum absolute atomic E-state index is 13.5. The molecule has 0 spiro atoms. The average molecular weight is 669 g/mol. The summed E-state index contributed by atoms with van der Waals surface area (Å²) in [5.41, 5.74) is -0.485.